The molecule has 0 N–H and O–H groups in total. The summed E-state index contributed by atoms with van der Waals surface area (Å²) in [4.78, 5) is 21.3. The molecule has 2 aromatic heterocycles. The predicted octanol–water partition coefficient (Wildman–Crippen LogP) is 7.76. The van der Waals surface area contributed by atoms with Gasteiger partial charge < -0.3 is 9.47 Å². The average molecular weight is 556 g/mol. The molecular weight excluding hydrogens is 540 g/mol. The lowest BCUT2D eigenvalue weighted by Crippen LogP contribution is -2.16. The molecule has 0 radical (unpaired) electrons. The summed E-state index contributed by atoms with van der Waals surface area (Å²) in [5, 5.41) is 1.34. The average Bonchev–Trinajstić information content (AvgIpc) is 2.84. The summed E-state index contributed by atoms with van der Waals surface area (Å²) in [5.74, 6) is -0.384. The van der Waals surface area contributed by atoms with Crippen LogP contribution in [0.3, 0.4) is 0 Å². The molecule has 0 amide bonds. The Balaban J connectivity index is 1.78. The number of carbonyl (C=O) groups is 1. The van der Waals surface area contributed by atoms with Crippen LogP contribution in [-0.4, -0.2) is 23.0 Å². The second kappa shape index (κ2) is 10.5. The Kier molecular flexibility index (Phi) is 7.59. The zero-order valence-electron chi connectivity index (χ0n) is 18.4. The van der Waals surface area contributed by atoms with Gasteiger partial charge >= 0.3 is 12.1 Å². The van der Waals surface area contributed by atoms with Crippen molar-refractivity contribution in [2.75, 3.05) is 7.11 Å². The van der Waals surface area contributed by atoms with Gasteiger partial charge in [0.2, 0.25) is 0 Å². The molecule has 1 atom stereocenters. The number of nitrogens with zero attached hydrogens (tertiary/aromatic N) is 2. The minimum Gasteiger partial charge on any atom is -0.494 e. The Morgan fingerprint density at radius 2 is 1.64 bits per heavy atom. The summed E-state index contributed by atoms with van der Waals surface area (Å²) in [7, 11) is 1.48. The first-order valence-corrected chi connectivity index (χ1v) is 11.5. The van der Waals surface area contributed by atoms with Gasteiger partial charge in [0.05, 0.1) is 28.3 Å². The number of alkyl halides is 3. The normalized spacial score (nSPS) is 12.4. The molecule has 0 fully saturated rings. The molecule has 4 rings (SSSR count). The van der Waals surface area contributed by atoms with Gasteiger partial charge in [-0.2, -0.15) is 13.2 Å². The van der Waals surface area contributed by atoms with Gasteiger partial charge in [-0.1, -0.05) is 40.9 Å². The van der Waals surface area contributed by atoms with Crippen molar-refractivity contribution in [2.24, 2.45) is 0 Å². The van der Waals surface area contributed by atoms with E-state index in [1.807, 2.05) is 0 Å². The quantitative estimate of drug-likeness (QED) is 0.180. The number of hydrogen-bond donors (Lipinski definition) is 0. The van der Waals surface area contributed by atoms with E-state index in [4.69, 9.17) is 44.3 Å². The van der Waals surface area contributed by atoms with Crippen LogP contribution in [0.25, 0.3) is 10.9 Å². The maximum absolute atomic E-state index is 13.0. The van der Waals surface area contributed by atoms with Crippen molar-refractivity contribution in [3.63, 3.8) is 0 Å². The van der Waals surface area contributed by atoms with Crippen molar-refractivity contribution >= 4 is 51.7 Å². The largest absolute Gasteiger partial charge is 0.494 e. The standard InChI is InChI=1S/C25H16Cl3F3N2O3/c1-35-20-8-6-15(16-7-9-22(28)33-23(16)20)21(10-17-18(26)11-32-12-19(17)27)36-24(34)13-2-4-14(5-3-13)25(29,30)31/h2-9,11-12,21H,10H2,1H3. The number of aromatic nitrogens is 2. The summed E-state index contributed by atoms with van der Waals surface area (Å²) in [5.41, 5.74) is 0.516. The summed E-state index contributed by atoms with van der Waals surface area (Å²) in [6.45, 7) is 0. The summed E-state index contributed by atoms with van der Waals surface area (Å²) in [6.07, 6.45) is -2.61. The van der Waals surface area contributed by atoms with E-state index in [2.05, 4.69) is 9.97 Å². The van der Waals surface area contributed by atoms with Gasteiger partial charge in [-0.15, -0.1) is 0 Å². The molecule has 186 valence electrons. The lowest BCUT2D eigenvalue weighted by atomic mass is 9.97. The molecule has 2 heterocycles. The number of fused-ring (bicyclic) bond motifs is 1. The first kappa shape index (κ1) is 26.0. The number of benzene rings is 2. The molecule has 2 aromatic carbocycles. The maximum atomic E-state index is 13.0. The van der Waals surface area contributed by atoms with E-state index in [-0.39, 0.29) is 27.2 Å². The number of halogens is 6. The van der Waals surface area contributed by atoms with Gasteiger partial charge in [0.1, 0.15) is 22.5 Å². The second-order valence-corrected chi connectivity index (χ2v) is 8.84. The van der Waals surface area contributed by atoms with E-state index in [0.29, 0.717) is 27.8 Å². The van der Waals surface area contributed by atoms with E-state index >= 15 is 0 Å². The number of esters is 1. The molecule has 0 aliphatic rings. The lowest BCUT2D eigenvalue weighted by Gasteiger charge is -2.22. The molecule has 11 heteroatoms. The molecule has 0 aliphatic carbocycles. The van der Waals surface area contributed by atoms with Crippen LogP contribution in [0, 0.1) is 0 Å². The van der Waals surface area contributed by atoms with E-state index in [1.54, 1.807) is 24.3 Å². The second-order valence-electron chi connectivity index (χ2n) is 7.64. The van der Waals surface area contributed by atoms with Gasteiger partial charge in [0.15, 0.2) is 0 Å². The highest BCUT2D eigenvalue weighted by molar-refractivity contribution is 6.35. The van der Waals surface area contributed by atoms with E-state index in [1.165, 1.54) is 19.5 Å². The van der Waals surface area contributed by atoms with Crippen molar-refractivity contribution in [1.29, 1.82) is 0 Å². The van der Waals surface area contributed by atoms with Crippen LogP contribution in [0.4, 0.5) is 13.2 Å². The van der Waals surface area contributed by atoms with Crippen LogP contribution in [0.2, 0.25) is 15.2 Å². The minimum atomic E-state index is -4.53. The van der Waals surface area contributed by atoms with Crippen molar-refractivity contribution in [1.82, 2.24) is 9.97 Å². The molecule has 4 aromatic rings. The Labute approximate surface area is 218 Å². The van der Waals surface area contributed by atoms with Crippen LogP contribution in [-0.2, 0) is 17.3 Å². The molecule has 0 saturated heterocycles. The fraction of sp³-hybridized carbons (Fsp3) is 0.160. The van der Waals surface area contributed by atoms with Gasteiger partial charge in [-0.3, -0.25) is 4.98 Å². The highest BCUT2D eigenvalue weighted by atomic mass is 35.5. The summed E-state index contributed by atoms with van der Waals surface area (Å²) >= 11 is 18.7. The predicted molar refractivity (Wildman–Crippen MR) is 131 cm³/mol. The number of ether oxygens (including phenoxy) is 2. The molecule has 0 aliphatic heterocycles. The van der Waals surface area contributed by atoms with Gasteiger partial charge in [-0.25, -0.2) is 9.78 Å². The first-order chi connectivity index (χ1) is 17.1. The highest BCUT2D eigenvalue weighted by Crippen LogP contribution is 2.37. The Bertz CT molecular complexity index is 1410. The molecule has 1 unspecified atom stereocenters. The maximum Gasteiger partial charge on any atom is 0.416 e. The smallest absolute Gasteiger partial charge is 0.416 e. The number of carbonyl (C=O) groups excluding carboxylic acids is 1. The van der Waals surface area contributed by atoms with Crippen LogP contribution in [0.1, 0.15) is 33.2 Å². The summed E-state index contributed by atoms with van der Waals surface area (Å²) < 4.78 is 50.0. The minimum absolute atomic E-state index is 0.0522. The summed E-state index contributed by atoms with van der Waals surface area (Å²) in [6, 6.07) is 10.4. The zero-order valence-corrected chi connectivity index (χ0v) is 20.7. The van der Waals surface area contributed by atoms with Gasteiger partial charge in [0.25, 0.3) is 0 Å². The van der Waals surface area contributed by atoms with E-state index in [0.717, 1.165) is 24.3 Å². The lowest BCUT2D eigenvalue weighted by molar-refractivity contribution is -0.137. The number of methoxy groups -OCH3 is 1. The molecule has 0 saturated carbocycles. The van der Waals surface area contributed by atoms with Crippen molar-refractivity contribution in [3.8, 4) is 5.75 Å². The van der Waals surface area contributed by atoms with Gasteiger partial charge in [0, 0.05) is 29.8 Å². The fourth-order valence-electron chi connectivity index (χ4n) is 3.66. The Morgan fingerprint density at radius 3 is 2.25 bits per heavy atom. The Morgan fingerprint density at radius 1 is 0.972 bits per heavy atom. The number of rotatable bonds is 6. The zero-order chi connectivity index (χ0) is 26.0. The molecule has 36 heavy (non-hydrogen) atoms. The third kappa shape index (κ3) is 5.51. The monoisotopic (exact) mass is 554 g/mol. The molecule has 5 nitrogen and oxygen atoms in total. The topological polar surface area (TPSA) is 61.3 Å². The van der Waals surface area contributed by atoms with E-state index in [9.17, 15) is 18.0 Å². The van der Waals surface area contributed by atoms with Crippen LogP contribution in [0.5, 0.6) is 5.75 Å². The Hall–Kier alpha value is -3.07. The molecule has 0 bridgehead atoms. The van der Waals surface area contributed by atoms with Crippen LogP contribution in [0.15, 0.2) is 60.9 Å². The fourth-order valence-corrected chi connectivity index (χ4v) is 4.33. The molecular formula is C25H16Cl3F3N2O3. The van der Waals surface area contributed by atoms with Gasteiger partial charge in [-0.05, 0) is 48.0 Å². The molecule has 0 spiro atoms. The van der Waals surface area contributed by atoms with Crippen molar-refractivity contribution < 1.29 is 27.4 Å². The van der Waals surface area contributed by atoms with Crippen molar-refractivity contribution in [3.05, 3.63) is 98.4 Å². The van der Waals surface area contributed by atoms with Crippen molar-refractivity contribution in [2.45, 2.75) is 18.7 Å². The van der Waals surface area contributed by atoms with Crippen LogP contribution < -0.4 is 4.74 Å². The third-order valence-electron chi connectivity index (χ3n) is 5.43. The number of hydrogen-bond acceptors (Lipinski definition) is 5. The SMILES string of the molecule is COc1ccc(C(Cc2c(Cl)cncc2Cl)OC(=O)c2ccc(C(F)(F)F)cc2)c2ccc(Cl)nc12. The number of pyridine rings is 2. The third-order valence-corrected chi connectivity index (χ3v) is 6.29. The van der Waals surface area contributed by atoms with E-state index < -0.39 is 23.8 Å². The highest BCUT2D eigenvalue weighted by Gasteiger charge is 2.31. The first-order valence-electron chi connectivity index (χ1n) is 10.4. The van der Waals surface area contributed by atoms with Crippen LogP contribution >= 0.6 is 34.8 Å².